The van der Waals surface area contributed by atoms with E-state index >= 15 is 0 Å². The van der Waals surface area contributed by atoms with Gasteiger partial charge in [0.15, 0.2) is 0 Å². The molecule has 2 atom stereocenters. The molecule has 1 spiro atoms. The van der Waals surface area contributed by atoms with Crippen molar-refractivity contribution in [3.8, 4) is 0 Å². The second-order valence-corrected chi connectivity index (χ2v) is 8.61. The van der Waals surface area contributed by atoms with Gasteiger partial charge >= 0.3 is 0 Å². The van der Waals surface area contributed by atoms with E-state index in [4.69, 9.17) is 4.74 Å². The average molecular weight is 339 g/mol. The Labute approximate surface area is 149 Å². The van der Waals surface area contributed by atoms with E-state index in [2.05, 4.69) is 67.6 Å². The Balaban J connectivity index is 1.47. The fraction of sp³-hybridized carbons (Fsp3) is 0.455. The third kappa shape index (κ3) is 3.27. The van der Waals surface area contributed by atoms with Crippen molar-refractivity contribution < 1.29 is 4.74 Å². The lowest BCUT2D eigenvalue weighted by Gasteiger charge is -2.40. The molecule has 0 bridgehead atoms. The number of ether oxygens (including phenoxy) is 1. The molecule has 1 saturated carbocycles. The van der Waals surface area contributed by atoms with Gasteiger partial charge in [0, 0.05) is 10.1 Å². The van der Waals surface area contributed by atoms with E-state index < -0.39 is 0 Å². The number of rotatable bonds is 3. The van der Waals surface area contributed by atoms with Crippen molar-refractivity contribution >= 4 is 11.8 Å². The maximum Gasteiger partial charge on any atom is 0.0809 e. The lowest BCUT2D eigenvalue weighted by atomic mass is 9.75. The number of hydrogen-bond acceptors (Lipinski definition) is 2. The monoisotopic (exact) mass is 338 g/mol. The average Bonchev–Trinajstić information content (AvgIpc) is 2.92. The summed E-state index contributed by atoms with van der Waals surface area (Å²) in [5.41, 5.74) is 1.59. The van der Waals surface area contributed by atoms with Crippen molar-refractivity contribution in [3.05, 3.63) is 66.2 Å². The molecule has 2 aromatic rings. The molecule has 24 heavy (non-hydrogen) atoms. The molecule has 0 aromatic heterocycles. The Bertz CT molecular complexity index is 646. The summed E-state index contributed by atoms with van der Waals surface area (Å²) in [6, 6.07) is 21.9. The Morgan fingerprint density at radius 2 is 1.54 bits per heavy atom. The minimum Gasteiger partial charge on any atom is -0.371 e. The Morgan fingerprint density at radius 1 is 0.917 bits per heavy atom. The molecule has 0 radical (unpaired) electrons. The van der Waals surface area contributed by atoms with Gasteiger partial charge in [-0.2, -0.15) is 0 Å². The summed E-state index contributed by atoms with van der Waals surface area (Å²) in [7, 11) is 0. The zero-order chi connectivity index (χ0) is 16.4. The molecule has 1 heterocycles. The third-order valence-electron chi connectivity index (χ3n) is 5.69. The smallest absolute Gasteiger partial charge is 0.0809 e. The van der Waals surface area contributed by atoms with Crippen LogP contribution in [0.3, 0.4) is 0 Å². The van der Waals surface area contributed by atoms with Crippen molar-refractivity contribution in [3.63, 3.8) is 0 Å². The zero-order valence-electron chi connectivity index (χ0n) is 14.4. The quantitative estimate of drug-likeness (QED) is 0.673. The summed E-state index contributed by atoms with van der Waals surface area (Å²) in [5.74, 6) is 0.707. The lowest BCUT2D eigenvalue weighted by Crippen LogP contribution is -2.41. The molecule has 1 nitrogen and oxygen atoms in total. The van der Waals surface area contributed by atoms with Crippen LogP contribution < -0.4 is 0 Å². The molecular weight excluding hydrogens is 312 g/mol. The maximum atomic E-state index is 6.54. The second kappa shape index (κ2) is 6.93. The van der Waals surface area contributed by atoms with Crippen molar-refractivity contribution in [2.24, 2.45) is 0 Å². The van der Waals surface area contributed by atoms with Gasteiger partial charge in [-0.3, -0.25) is 0 Å². The summed E-state index contributed by atoms with van der Waals surface area (Å²) in [6.07, 6.45) is 6.46. The van der Waals surface area contributed by atoms with Gasteiger partial charge in [0.2, 0.25) is 0 Å². The Kier molecular flexibility index (Phi) is 4.69. The van der Waals surface area contributed by atoms with Crippen LogP contribution in [0.25, 0.3) is 0 Å². The first-order valence-corrected chi connectivity index (χ1v) is 10.1. The van der Waals surface area contributed by atoms with Crippen LogP contribution >= 0.6 is 11.8 Å². The van der Waals surface area contributed by atoms with Crippen LogP contribution in [0.2, 0.25) is 0 Å². The molecule has 1 saturated heterocycles. The van der Waals surface area contributed by atoms with E-state index in [0.717, 1.165) is 0 Å². The molecule has 1 aliphatic carbocycles. The van der Waals surface area contributed by atoms with Crippen LogP contribution in [0.4, 0.5) is 0 Å². The van der Waals surface area contributed by atoms with E-state index in [-0.39, 0.29) is 5.60 Å². The highest BCUT2D eigenvalue weighted by Gasteiger charge is 2.49. The summed E-state index contributed by atoms with van der Waals surface area (Å²) in [5, 5.41) is 0.589. The number of hydrogen-bond donors (Lipinski definition) is 0. The molecule has 2 aromatic carbocycles. The zero-order valence-corrected chi connectivity index (χ0v) is 15.2. The first-order valence-electron chi connectivity index (χ1n) is 9.20. The van der Waals surface area contributed by atoms with E-state index in [0.29, 0.717) is 17.3 Å². The first-order chi connectivity index (χ1) is 11.8. The third-order valence-corrected chi connectivity index (χ3v) is 7.14. The van der Waals surface area contributed by atoms with Gasteiger partial charge in [0.05, 0.1) is 11.7 Å². The van der Waals surface area contributed by atoms with Crippen LogP contribution in [-0.2, 0) is 4.74 Å². The molecule has 1 aliphatic heterocycles. The molecule has 2 fully saturated rings. The van der Waals surface area contributed by atoms with Gasteiger partial charge in [0.1, 0.15) is 0 Å². The molecule has 2 heteroatoms. The van der Waals surface area contributed by atoms with Crippen LogP contribution in [0.15, 0.2) is 65.6 Å². The standard InChI is InChI=1S/C22H26OS/c1-17-16-21(24-20-10-6-3-7-11-20)22(23-17)14-12-19(13-15-22)18-8-4-2-5-9-18/h2-11,17,19,21H,12-16H2,1H3/t17-,19?,21+,22?/m1/s1. The topological polar surface area (TPSA) is 9.23 Å². The summed E-state index contributed by atoms with van der Waals surface area (Å²) < 4.78 is 6.54. The summed E-state index contributed by atoms with van der Waals surface area (Å²) >= 11 is 2.03. The first kappa shape index (κ1) is 16.2. The van der Waals surface area contributed by atoms with Crippen molar-refractivity contribution in [2.45, 2.75) is 66.8 Å². The van der Waals surface area contributed by atoms with E-state index in [1.807, 2.05) is 11.8 Å². The predicted molar refractivity (Wildman–Crippen MR) is 102 cm³/mol. The maximum absolute atomic E-state index is 6.54. The highest BCUT2D eigenvalue weighted by molar-refractivity contribution is 8.00. The minimum absolute atomic E-state index is 0.0885. The van der Waals surface area contributed by atoms with Crippen molar-refractivity contribution in [1.29, 1.82) is 0 Å². The summed E-state index contributed by atoms with van der Waals surface area (Å²) in [4.78, 5) is 1.38. The Morgan fingerprint density at radius 3 is 2.21 bits per heavy atom. The van der Waals surface area contributed by atoms with Crippen LogP contribution in [0, 0.1) is 0 Å². The predicted octanol–water partition coefficient (Wildman–Crippen LogP) is 6.05. The molecule has 126 valence electrons. The van der Waals surface area contributed by atoms with Crippen LogP contribution in [0.1, 0.15) is 50.5 Å². The van der Waals surface area contributed by atoms with Crippen molar-refractivity contribution in [1.82, 2.24) is 0 Å². The molecule has 2 aliphatic rings. The van der Waals surface area contributed by atoms with E-state index in [1.165, 1.54) is 42.6 Å². The fourth-order valence-corrected chi connectivity index (χ4v) is 5.98. The molecular formula is C22H26OS. The SMILES string of the molecule is C[C@@H]1C[C@H](Sc2ccccc2)C2(CCC(c3ccccc3)CC2)O1. The van der Waals surface area contributed by atoms with Gasteiger partial charge < -0.3 is 4.74 Å². The molecule has 0 N–H and O–H groups in total. The minimum atomic E-state index is 0.0885. The fourth-order valence-electron chi connectivity index (χ4n) is 4.46. The second-order valence-electron chi connectivity index (χ2n) is 7.33. The number of thioether (sulfide) groups is 1. The van der Waals surface area contributed by atoms with Crippen LogP contribution in [-0.4, -0.2) is 17.0 Å². The van der Waals surface area contributed by atoms with Gasteiger partial charge in [-0.1, -0.05) is 48.5 Å². The largest absolute Gasteiger partial charge is 0.371 e. The van der Waals surface area contributed by atoms with Crippen molar-refractivity contribution in [2.75, 3.05) is 0 Å². The highest BCUT2D eigenvalue weighted by atomic mass is 32.2. The van der Waals surface area contributed by atoms with Gasteiger partial charge in [-0.25, -0.2) is 0 Å². The van der Waals surface area contributed by atoms with E-state index in [1.54, 1.807) is 0 Å². The van der Waals surface area contributed by atoms with E-state index in [9.17, 15) is 0 Å². The van der Waals surface area contributed by atoms with Gasteiger partial charge in [-0.15, -0.1) is 11.8 Å². The Hall–Kier alpha value is -1.25. The lowest BCUT2D eigenvalue weighted by molar-refractivity contribution is -0.0578. The summed E-state index contributed by atoms with van der Waals surface area (Å²) in [6.45, 7) is 2.25. The molecule has 0 amide bonds. The van der Waals surface area contributed by atoms with Crippen LogP contribution in [0.5, 0.6) is 0 Å². The van der Waals surface area contributed by atoms with Gasteiger partial charge in [0.25, 0.3) is 0 Å². The number of benzene rings is 2. The molecule has 4 rings (SSSR count). The van der Waals surface area contributed by atoms with Gasteiger partial charge in [-0.05, 0) is 62.6 Å². The normalized spacial score (nSPS) is 33.0. The molecule has 0 unspecified atom stereocenters. The highest BCUT2D eigenvalue weighted by Crippen LogP contribution is 2.51.